The molecule has 0 saturated carbocycles. The van der Waals surface area contributed by atoms with Crippen LogP contribution in [0.5, 0.6) is 0 Å². The van der Waals surface area contributed by atoms with Crippen molar-refractivity contribution in [3.63, 3.8) is 0 Å². The fourth-order valence-electron chi connectivity index (χ4n) is 4.76. The summed E-state index contributed by atoms with van der Waals surface area (Å²) in [6.07, 6.45) is 3.03. The molecular formula is C22H30N4O3. The standard InChI is InChI=1S/C22H30N4O3/c1-22(2,16-7-9-23-10-8-16)24-12-14-3-4-17-15(11-14)13-26(21(17)29)18-5-6-19(27)25-20(18)28/h3-4,11,16,18,23-24H,5-10,12-13H2,1-2H3,(H,25,27,28). The Morgan fingerprint density at radius 3 is 2.62 bits per heavy atom. The van der Waals surface area contributed by atoms with Crippen LogP contribution >= 0.6 is 0 Å². The third kappa shape index (κ3) is 4.07. The van der Waals surface area contributed by atoms with Crippen LogP contribution in [0.4, 0.5) is 0 Å². The number of nitrogens with zero attached hydrogens (tertiary/aromatic N) is 1. The Morgan fingerprint density at radius 1 is 1.14 bits per heavy atom. The lowest BCUT2D eigenvalue weighted by molar-refractivity contribution is -0.136. The predicted molar refractivity (Wildman–Crippen MR) is 109 cm³/mol. The average molecular weight is 399 g/mol. The topological polar surface area (TPSA) is 90.5 Å². The van der Waals surface area contributed by atoms with Gasteiger partial charge in [-0.25, -0.2) is 0 Å². The molecule has 3 amide bonds. The van der Waals surface area contributed by atoms with Gasteiger partial charge in [0.15, 0.2) is 0 Å². The molecule has 3 aliphatic heterocycles. The van der Waals surface area contributed by atoms with E-state index in [9.17, 15) is 14.4 Å². The molecule has 1 unspecified atom stereocenters. The summed E-state index contributed by atoms with van der Waals surface area (Å²) in [7, 11) is 0. The minimum atomic E-state index is -0.562. The number of hydrogen-bond donors (Lipinski definition) is 3. The number of benzene rings is 1. The molecule has 156 valence electrons. The second-order valence-corrected chi connectivity index (χ2v) is 8.99. The number of rotatable bonds is 5. The Hall–Kier alpha value is -2.25. The van der Waals surface area contributed by atoms with Crippen molar-refractivity contribution in [2.24, 2.45) is 5.92 Å². The first kappa shape index (κ1) is 20.0. The van der Waals surface area contributed by atoms with Gasteiger partial charge in [-0.3, -0.25) is 19.7 Å². The van der Waals surface area contributed by atoms with E-state index in [0.29, 0.717) is 24.4 Å². The largest absolute Gasteiger partial charge is 0.322 e. The number of imide groups is 1. The van der Waals surface area contributed by atoms with Crippen LogP contribution < -0.4 is 16.0 Å². The molecule has 0 aliphatic carbocycles. The predicted octanol–water partition coefficient (Wildman–Crippen LogP) is 1.32. The molecule has 2 fully saturated rings. The van der Waals surface area contributed by atoms with Crippen LogP contribution in [-0.4, -0.2) is 47.3 Å². The van der Waals surface area contributed by atoms with Crippen LogP contribution in [0.1, 0.15) is 61.0 Å². The maximum absolute atomic E-state index is 12.8. The number of carbonyl (C=O) groups excluding carboxylic acids is 3. The van der Waals surface area contributed by atoms with Crippen molar-refractivity contribution in [1.29, 1.82) is 0 Å². The summed E-state index contributed by atoms with van der Waals surface area (Å²) >= 11 is 0. The van der Waals surface area contributed by atoms with E-state index in [1.165, 1.54) is 12.8 Å². The lowest BCUT2D eigenvalue weighted by Gasteiger charge is -2.38. The fraction of sp³-hybridized carbons (Fsp3) is 0.591. The smallest absolute Gasteiger partial charge is 0.255 e. The molecule has 0 aromatic heterocycles. The average Bonchev–Trinajstić information content (AvgIpc) is 3.03. The molecular weight excluding hydrogens is 368 g/mol. The second-order valence-electron chi connectivity index (χ2n) is 8.99. The van der Waals surface area contributed by atoms with Crippen LogP contribution in [0.3, 0.4) is 0 Å². The van der Waals surface area contributed by atoms with Crippen molar-refractivity contribution in [3.8, 4) is 0 Å². The van der Waals surface area contributed by atoms with Gasteiger partial charge in [0.1, 0.15) is 6.04 Å². The van der Waals surface area contributed by atoms with E-state index in [4.69, 9.17) is 0 Å². The molecule has 4 rings (SSSR count). The summed E-state index contributed by atoms with van der Waals surface area (Å²) in [5, 5.41) is 9.47. The Balaban J connectivity index is 1.42. The maximum atomic E-state index is 12.8. The van der Waals surface area contributed by atoms with Crippen LogP contribution in [0, 0.1) is 5.92 Å². The van der Waals surface area contributed by atoms with E-state index in [-0.39, 0.29) is 29.7 Å². The van der Waals surface area contributed by atoms with E-state index >= 15 is 0 Å². The highest BCUT2D eigenvalue weighted by Crippen LogP contribution is 2.29. The first-order valence-electron chi connectivity index (χ1n) is 10.6. The van der Waals surface area contributed by atoms with Crippen molar-refractivity contribution in [3.05, 3.63) is 34.9 Å². The number of hydrogen-bond acceptors (Lipinski definition) is 5. The third-order valence-electron chi connectivity index (χ3n) is 6.70. The molecule has 2 saturated heterocycles. The molecule has 0 radical (unpaired) electrons. The summed E-state index contributed by atoms with van der Waals surface area (Å²) in [5.74, 6) is -0.111. The molecule has 0 bridgehead atoms. The van der Waals surface area contributed by atoms with Crippen LogP contribution in [0.2, 0.25) is 0 Å². The van der Waals surface area contributed by atoms with Gasteiger partial charge in [-0.05, 0) is 69.3 Å². The number of nitrogens with one attached hydrogen (secondary N) is 3. The van der Waals surface area contributed by atoms with Crippen molar-refractivity contribution in [1.82, 2.24) is 20.9 Å². The van der Waals surface area contributed by atoms with Gasteiger partial charge in [0.25, 0.3) is 5.91 Å². The Bertz CT molecular complexity index is 829. The summed E-state index contributed by atoms with van der Waals surface area (Å²) in [5.41, 5.74) is 2.81. The molecule has 3 aliphatic rings. The van der Waals surface area contributed by atoms with Crippen LogP contribution in [-0.2, 0) is 22.7 Å². The first-order valence-corrected chi connectivity index (χ1v) is 10.6. The number of fused-ring (bicyclic) bond motifs is 1. The van der Waals surface area contributed by atoms with Gasteiger partial charge >= 0.3 is 0 Å². The van der Waals surface area contributed by atoms with Crippen molar-refractivity contribution >= 4 is 17.7 Å². The Labute approximate surface area is 171 Å². The summed E-state index contributed by atoms with van der Waals surface area (Å²) in [6, 6.07) is 5.38. The van der Waals surface area contributed by atoms with Crippen molar-refractivity contribution < 1.29 is 14.4 Å². The Kier molecular flexibility index (Phi) is 5.44. The highest BCUT2D eigenvalue weighted by Gasteiger charge is 2.39. The van der Waals surface area contributed by atoms with E-state index in [1.54, 1.807) is 4.90 Å². The number of carbonyl (C=O) groups is 3. The zero-order valence-corrected chi connectivity index (χ0v) is 17.2. The zero-order valence-electron chi connectivity index (χ0n) is 17.2. The van der Waals surface area contributed by atoms with Crippen molar-refractivity contribution in [2.75, 3.05) is 13.1 Å². The fourth-order valence-corrected chi connectivity index (χ4v) is 4.76. The molecule has 1 aromatic rings. The highest BCUT2D eigenvalue weighted by molar-refractivity contribution is 6.05. The zero-order chi connectivity index (χ0) is 20.6. The summed E-state index contributed by atoms with van der Waals surface area (Å²) < 4.78 is 0. The quantitative estimate of drug-likeness (QED) is 0.651. The molecule has 1 atom stereocenters. The molecule has 7 heteroatoms. The van der Waals surface area contributed by atoms with E-state index in [2.05, 4.69) is 35.9 Å². The molecule has 7 nitrogen and oxygen atoms in total. The Morgan fingerprint density at radius 2 is 1.90 bits per heavy atom. The second kappa shape index (κ2) is 7.88. The van der Waals surface area contributed by atoms with Gasteiger partial charge < -0.3 is 15.5 Å². The molecule has 0 spiro atoms. The molecule has 1 aromatic carbocycles. The van der Waals surface area contributed by atoms with Gasteiger partial charge in [0.05, 0.1) is 0 Å². The molecule has 3 N–H and O–H groups in total. The lowest BCUT2D eigenvalue weighted by Crippen LogP contribution is -2.52. The minimum Gasteiger partial charge on any atom is -0.322 e. The summed E-state index contributed by atoms with van der Waals surface area (Å²) in [4.78, 5) is 38.0. The van der Waals surface area contributed by atoms with E-state index in [0.717, 1.165) is 30.8 Å². The lowest BCUT2D eigenvalue weighted by atomic mass is 9.80. The SMILES string of the molecule is CC(C)(NCc1ccc2c(c1)CN(C1CCC(=O)NC1=O)C2=O)C1CCNCC1. The van der Waals surface area contributed by atoms with Gasteiger partial charge in [0.2, 0.25) is 11.8 Å². The van der Waals surface area contributed by atoms with Gasteiger partial charge in [-0.15, -0.1) is 0 Å². The van der Waals surface area contributed by atoms with Gasteiger partial charge in [-0.2, -0.15) is 0 Å². The van der Waals surface area contributed by atoms with Gasteiger partial charge in [0, 0.05) is 30.6 Å². The van der Waals surface area contributed by atoms with Crippen molar-refractivity contribution in [2.45, 2.75) is 64.2 Å². The highest BCUT2D eigenvalue weighted by atomic mass is 16.2. The number of piperidine rings is 2. The van der Waals surface area contributed by atoms with Crippen LogP contribution in [0.15, 0.2) is 18.2 Å². The van der Waals surface area contributed by atoms with Gasteiger partial charge in [-0.1, -0.05) is 12.1 Å². The third-order valence-corrected chi connectivity index (χ3v) is 6.70. The normalized spacial score (nSPS) is 23.3. The monoisotopic (exact) mass is 398 g/mol. The number of amides is 3. The van der Waals surface area contributed by atoms with E-state index in [1.807, 2.05) is 12.1 Å². The molecule has 3 heterocycles. The first-order chi connectivity index (χ1) is 13.8. The molecule has 29 heavy (non-hydrogen) atoms. The maximum Gasteiger partial charge on any atom is 0.255 e. The minimum absolute atomic E-state index is 0.0513. The van der Waals surface area contributed by atoms with Crippen LogP contribution in [0.25, 0.3) is 0 Å². The van der Waals surface area contributed by atoms with E-state index < -0.39 is 6.04 Å². The summed E-state index contributed by atoms with van der Waals surface area (Å²) in [6.45, 7) is 7.86.